The van der Waals surface area contributed by atoms with Gasteiger partial charge in [-0.2, -0.15) is 4.91 Å². The fraction of sp³-hybridized carbons (Fsp3) is 1.00. The smallest absolute Gasteiger partial charge is 0 e. The van der Waals surface area contributed by atoms with Crippen molar-refractivity contribution in [3.63, 3.8) is 0 Å². The van der Waals surface area contributed by atoms with E-state index in [1.54, 1.807) is 0 Å². The SMILES string of the molecule is C.N=O.O=N[O-].[N-]=O.[Y].[Y]. The normalized spacial score (nSPS) is 2.00. The van der Waals surface area contributed by atoms with Gasteiger partial charge in [0.2, 0.25) is 0 Å². The molecule has 1 N–H and O–H groups in total. The third-order valence-corrected chi connectivity index (χ3v) is 0. The van der Waals surface area contributed by atoms with E-state index in [0.29, 0.717) is 0 Å². The fourth-order valence-electron chi connectivity index (χ4n) is 0. The minimum atomic E-state index is 0. The maximum Gasteiger partial charge on any atom is 0 e. The van der Waals surface area contributed by atoms with Gasteiger partial charge in [-0.3, -0.25) is 0 Å². The summed E-state index contributed by atoms with van der Waals surface area (Å²) in [5.74, 6) is 0. The van der Waals surface area contributed by atoms with Gasteiger partial charge in [0.15, 0.2) is 0 Å². The molecule has 0 aromatic rings. The molecule has 0 aliphatic heterocycles. The fourth-order valence-corrected chi connectivity index (χ4v) is 0. The van der Waals surface area contributed by atoms with Crippen LogP contribution in [0, 0.1) is 25.5 Å². The van der Waals surface area contributed by atoms with Crippen molar-refractivity contribution < 1.29 is 65.4 Å². The first-order chi connectivity index (χ1) is 3.41. The number of hydrogen-bond acceptors (Lipinski definition) is 6. The van der Waals surface area contributed by atoms with Gasteiger partial charge in [0.1, 0.15) is 0 Å². The number of nitroso groups, excluding NO2 is 2. The summed E-state index contributed by atoms with van der Waals surface area (Å²) in [6.45, 7) is 0. The van der Waals surface area contributed by atoms with Crippen LogP contribution in [0.4, 0.5) is 0 Å². The van der Waals surface area contributed by atoms with Crippen LogP contribution in [-0.2, 0) is 65.4 Å². The van der Waals surface area contributed by atoms with Crippen molar-refractivity contribution in [1.82, 2.24) is 0 Å². The Balaban J connectivity index is -0.00000000536. The molecule has 0 bridgehead atoms. The van der Waals surface area contributed by atoms with Crippen molar-refractivity contribution in [2.75, 3.05) is 0 Å². The van der Waals surface area contributed by atoms with E-state index in [1.165, 1.54) is 0 Å². The van der Waals surface area contributed by atoms with E-state index in [0.717, 1.165) is 5.34 Å². The predicted octanol–water partition coefficient (Wildman–Crippen LogP) is 1.54. The zero-order valence-corrected chi connectivity index (χ0v) is 9.86. The maximum atomic E-state index is 8.00. The van der Waals surface area contributed by atoms with Crippen molar-refractivity contribution in [1.29, 1.82) is 5.59 Å². The third kappa shape index (κ3) is 823. The van der Waals surface area contributed by atoms with Crippen molar-refractivity contribution in [3.05, 3.63) is 25.5 Å². The summed E-state index contributed by atoms with van der Waals surface area (Å²) >= 11 is 0. The second-order valence-electron chi connectivity index (χ2n) is 0.0745. The van der Waals surface area contributed by atoms with Gasteiger partial charge < -0.3 is 20.6 Å². The predicted molar refractivity (Wildman–Crippen MR) is 28.7 cm³/mol. The second kappa shape index (κ2) is 233. The molecule has 2 radical (unpaired) electrons. The van der Waals surface area contributed by atoms with Crippen LogP contribution in [0.3, 0.4) is 0 Å². The van der Waals surface area contributed by atoms with Crippen LogP contribution in [-0.4, -0.2) is 0 Å². The maximum absolute atomic E-state index is 8.00. The molecule has 56 valence electrons. The summed E-state index contributed by atoms with van der Waals surface area (Å²) in [6.07, 6.45) is 0. The molecule has 10 heavy (non-hydrogen) atoms. The number of nitrogens with zero attached hydrogens (tertiary/aromatic N) is 2. The molecular formula is CH5N3O4Y2-2. The minimum Gasteiger partial charge on any atom is -0.577 e. The van der Waals surface area contributed by atoms with Crippen LogP contribution in [0.25, 0.3) is 5.59 Å². The Morgan fingerprint density at radius 3 is 1.20 bits per heavy atom. The summed E-state index contributed by atoms with van der Waals surface area (Å²) in [7, 11) is 0. The molecule has 0 amide bonds. The standard InChI is InChI=1S/CH4.HNO2.HNO.NO.2Y/c;2-1-3;2*1-2;;/h1H4;(H,2,3);1H;;;/q;;;-1;;/p-1. The van der Waals surface area contributed by atoms with Crippen LogP contribution in [0.5, 0.6) is 0 Å². The first-order valence-corrected chi connectivity index (χ1v) is 0.752. The van der Waals surface area contributed by atoms with Gasteiger partial charge in [0, 0.05) is 65.4 Å². The Labute approximate surface area is 108 Å². The van der Waals surface area contributed by atoms with Crippen LogP contribution < -0.4 is 0 Å². The molecule has 0 saturated heterocycles. The van der Waals surface area contributed by atoms with Gasteiger partial charge in [-0.15, -0.1) is 5.34 Å². The zero-order chi connectivity index (χ0) is 6.71. The molecule has 0 unspecified atom stereocenters. The van der Waals surface area contributed by atoms with E-state index in [1.807, 2.05) is 0 Å². The topological polar surface area (TPSA) is 133 Å². The molecule has 0 fully saturated rings. The number of nitrogens with one attached hydrogen (secondary N) is 1. The average Bonchev–Trinajstić information content (AvgIpc) is 1.78. The van der Waals surface area contributed by atoms with Gasteiger partial charge in [-0.25, -0.2) is 0 Å². The van der Waals surface area contributed by atoms with E-state index in [4.69, 9.17) is 25.5 Å². The first kappa shape index (κ1) is 45.0. The minimum absolute atomic E-state index is 0. The molecule has 0 heterocycles. The summed E-state index contributed by atoms with van der Waals surface area (Å²) in [4.78, 5) is 22.8. The Morgan fingerprint density at radius 2 is 1.20 bits per heavy atom. The molecular weight excluding hydrogens is 296 g/mol. The van der Waals surface area contributed by atoms with Crippen LogP contribution in [0.2, 0.25) is 0 Å². The second-order valence-corrected chi connectivity index (χ2v) is 0.0745. The van der Waals surface area contributed by atoms with E-state index < -0.39 is 0 Å². The summed E-state index contributed by atoms with van der Waals surface area (Å²) in [5, 5.41) is 9.00. The third-order valence-electron chi connectivity index (χ3n) is 0. The van der Waals surface area contributed by atoms with Gasteiger partial charge in [-0.05, 0) is 0 Å². The summed E-state index contributed by atoms with van der Waals surface area (Å²) in [5.41, 5.74) is 10.2. The Hall–Kier alpha value is 0.808. The molecule has 0 aromatic heterocycles. The molecule has 0 spiro atoms. The average molecular weight is 301 g/mol. The first-order valence-electron chi connectivity index (χ1n) is 0.752. The van der Waals surface area contributed by atoms with Crippen molar-refractivity contribution in [2.45, 2.75) is 7.43 Å². The van der Waals surface area contributed by atoms with Crippen LogP contribution >= 0.6 is 0 Å². The van der Waals surface area contributed by atoms with E-state index in [-0.39, 0.29) is 72.8 Å². The molecule has 0 aromatic carbocycles. The van der Waals surface area contributed by atoms with Gasteiger partial charge in [-0.1, -0.05) is 13.0 Å². The number of hydrogen-bond donors (Lipinski definition) is 1. The van der Waals surface area contributed by atoms with Crippen LogP contribution in [0.1, 0.15) is 7.43 Å². The largest absolute Gasteiger partial charge is 0.577 e. The Bertz CT molecular complexity index is 37.7. The van der Waals surface area contributed by atoms with Gasteiger partial charge >= 0.3 is 0 Å². The monoisotopic (exact) mass is 301 g/mol. The summed E-state index contributed by atoms with van der Waals surface area (Å²) < 4.78 is 0. The van der Waals surface area contributed by atoms with Crippen molar-refractivity contribution in [2.24, 2.45) is 5.34 Å². The van der Waals surface area contributed by atoms with Gasteiger partial charge in [0.25, 0.3) is 0 Å². The molecule has 7 nitrogen and oxygen atoms in total. The Kier molecular flexibility index (Phi) is 1050. The van der Waals surface area contributed by atoms with E-state index >= 15 is 0 Å². The molecule has 0 aliphatic carbocycles. The van der Waals surface area contributed by atoms with Crippen LogP contribution in [0.15, 0.2) is 5.34 Å². The van der Waals surface area contributed by atoms with Gasteiger partial charge in [0.05, 0.1) is 0 Å². The van der Waals surface area contributed by atoms with Crippen molar-refractivity contribution >= 4 is 0 Å². The quantitative estimate of drug-likeness (QED) is 0.536. The molecule has 0 aliphatic rings. The summed E-state index contributed by atoms with van der Waals surface area (Å²) in [6, 6.07) is 0. The molecule has 0 rings (SSSR count). The van der Waals surface area contributed by atoms with E-state index in [2.05, 4.69) is 5.59 Å². The Morgan fingerprint density at radius 1 is 1.20 bits per heavy atom. The molecule has 0 atom stereocenters. The zero-order valence-electron chi connectivity index (χ0n) is 4.18. The molecule has 9 heteroatoms. The van der Waals surface area contributed by atoms with E-state index in [9.17, 15) is 0 Å². The van der Waals surface area contributed by atoms with Crippen molar-refractivity contribution in [3.8, 4) is 0 Å². The molecule has 0 saturated carbocycles. The number of rotatable bonds is 0.